The molecule has 10 heteroatoms. The predicted octanol–water partition coefficient (Wildman–Crippen LogP) is 5.85. The number of carbonyl (C=O) groups excluding carboxylic acids is 4. The molecule has 0 radical (unpaired) electrons. The van der Waals surface area contributed by atoms with Crippen LogP contribution in [0.25, 0.3) is 22.6 Å². The van der Waals surface area contributed by atoms with Gasteiger partial charge in [0.15, 0.2) is 28.6 Å². The van der Waals surface area contributed by atoms with Gasteiger partial charge in [-0.05, 0) is 85.9 Å². The van der Waals surface area contributed by atoms with Crippen molar-refractivity contribution in [3.05, 3.63) is 101 Å². The van der Waals surface area contributed by atoms with Crippen LogP contribution in [0.1, 0.15) is 31.2 Å². The Morgan fingerprint density at radius 2 is 1.62 bits per heavy atom. The first-order valence-electron chi connectivity index (χ1n) is 15.7. The number of hydrogen-bond donors (Lipinski definition) is 1. The topological polar surface area (TPSA) is 136 Å². The molecule has 1 aliphatic heterocycles. The third-order valence-electron chi connectivity index (χ3n) is 10.1. The van der Waals surface area contributed by atoms with E-state index in [1.165, 1.54) is 25.2 Å². The number of allylic oxidation sites excluding steroid dienone is 6. The normalized spacial score (nSPS) is 23.5. The Bertz CT molecular complexity index is 2130. The molecule has 48 heavy (non-hydrogen) atoms. The Balaban J connectivity index is 1.18. The number of amides is 2. The molecule has 4 atom stereocenters. The van der Waals surface area contributed by atoms with Gasteiger partial charge in [0.05, 0.1) is 31.7 Å². The van der Waals surface area contributed by atoms with E-state index in [9.17, 15) is 24.3 Å². The summed E-state index contributed by atoms with van der Waals surface area (Å²) in [7, 11) is 2.82. The van der Waals surface area contributed by atoms with Crippen molar-refractivity contribution in [1.29, 1.82) is 0 Å². The van der Waals surface area contributed by atoms with Crippen LogP contribution in [0.4, 0.5) is 5.69 Å². The molecule has 4 aliphatic rings. The standard InChI is InChI=1S/C38H30N2O8/c1-18-14-27(41)33-25(34(18)42)17-24-22(31(33)20-15-29(46-2)35(43)30(16-20)47-3)12-13-23-32(24)38(45)40(37(23)44)21-10-8-19(9-11-21)36-39-26-6-4-5-7-28(26)48-36/h4-12,14-16,23-24,31-32,43H,13,17H2,1-3H3. The number of anilines is 1. The second-order valence-corrected chi connectivity index (χ2v) is 12.5. The van der Waals surface area contributed by atoms with E-state index in [-0.39, 0.29) is 47.1 Å². The molecule has 4 aromatic rings. The van der Waals surface area contributed by atoms with Crippen LogP contribution in [0.15, 0.2) is 99.5 Å². The lowest BCUT2D eigenvalue weighted by Crippen LogP contribution is -2.39. The van der Waals surface area contributed by atoms with Gasteiger partial charge in [-0.3, -0.25) is 24.1 Å². The van der Waals surface area contributed by atoms with Gasteiger partial charge >= 0.3 is 0 Å². The molecule has 8 rings (SSSR count). The molecule has 10 nitrogen and oxygen atoms in total. The number of carbonyl (C=O) groups is 4. The first-order chi connectivity index (χ1) is 23.2. The number of ether oxygens (including phenoxy) is 2. The Morgan fingerprint density at radius 1 is 0.917 bits per heavy atom. The lowest BCUT2D eigenvalue weighted by Gasteiger charge is -2.42. The van der Waals surface area contributed by atoms with E-state index < -0.39 is 23.7 Å². The molecule has 1 fully saturated rings. The van der Waals surface area contributed by atoms with Gasteiger partial charge in [0.1, 0.15) is 5.52 Å². The van der Waals surface area contributed by atoms with Gasteiger partial charge in [-0.1, -0.05) is 23.8 Å². The van der Waals surface area contributed by atoms with Crippen molar-refractivity contribution in [3.8, 4) is 28.7 Å². The second kappa shape index (κ2) is 10.9. The molecule has 3 aliphatic carbocycles. The zero-order chi connectivity index (χ0) is 33.4. The Labute approximate surface area is 275 Å². The summed E-state index contributed by atoms with van der Waals surface area (Å²) in [5, 5.41) is 10.6. The average molecular weight is 643 g/mol. The molecule has 3 aromatic carbocycles. The lowest BCUT2D eigenvalue weighted by molar-refractivity contribution is -0.123. The zero-order valence-electron chi connectivity index (χ0n) is 26.4. The van der Waals surface area contributed by atoms with E-state index >= 15 is 0 Å². The molecule has 0 spiro atoms. The number of rotatable bonds is 5. The maximum Gasteiger partial charge on any atom is 0.238 e. The summed E-state index contributed by atoms with van der Waals surface area (Å²) in [4.78, 5) is 61.3. The quantitative estimate of drug-likeness (QED) is 0.161. The second-order valence-electron chi connectivity index (χ2n) is 12.5. The highest BCUT2D eigenvalue weighted by atomic mass is 16.5. The summed E-state index contributed by atoms with van der Waals surface area (Å²) in [6.07, 6.45) is 3.75. The zero-order valence-corrected chi connectivity index (χ0v) is 26.4. The molecular weight excluding hydrogens is 612 g/mol. The van der Waals surface area contributed by atoms with Gasteiger partial charge < -0.3 is 19.0 Å². The van der Waals surface area contributed by atoms with Crippen molar-refractivity contribution in [3.63, 3.8) is 0 Å². The van der Waals surface area contributed by atoms with Crippen molar-refractivity contribution >= 4 is 40.2 Å². The number of phenols is 1. The number of nitrogens with zero attached hydrogens (tertiary/aromatic N) is 2. The van der Waals surface area contributed by atoms with Crippen molar-refractivity contribution < 1.29 is 38.2 Å². The van der Waals surface area contributed by atoms with Gasteiger partial charge in [-0.15, -0.1) is 0 Å². The van der Waals surface area contributed by atoms with Crippen molar-refractivity contribution in [1.82, 2.24) is 4.98 Å². The number of aromatic nitrogens is 1. The summed E-state index contributed by atoms with van der Waals surface area (Å²) in [6.45, 7) is 1.61. The van der Waals surface area contributed by atoms with Crippen molar-refractivity contribution in [2.75, 3.05) is 19.1 Å². The first kappa shape index (κ1) is 29.6. The summed E-state index contributed by atoms with van der Waals surface area (Å²) < 4.78 is 16.7. The molecule has 240 valence electrons. The van der Waals surface area contributed by atoms with Crippen LogP contribution >= 0.6 is 0 Å². The van der Waals surface area contributed by atoms with E-state index in [4.69, 9.17) is 13.9 Å². The minimum absolute atomic E-state index is 0.142. The predicted molar refractivity (Wildman–Crippen MR) is 174 cm³/mol. The van der Waals surface area contributed by atoms with Gasteiger partial charge in [0.25, 0.3) is 0 Å². The van der Waals surface area contributed by atoms with Gasteiger partial charge in [-0.2, -0.15) is 0 Å². The Kier molecular flexibility index (Phi) is 6.73. The van der Waals surface area contributed by atoms with Crippen LogP contribution in [0.2, 0.25) is 0 Å². The van der Waals surface area contributed by atoms with Crippen molar-refractivity contribution in [2.24, 2.45) is 17.8 Å². The minimum Gasteiger partial charge on any atom is -0.502 e. The summed E-state index contributed by atoms with van der Waals surface area (Å²) in [6, 6.07) is 17.7. The Morgan fingerprint density at radius 3 is 2.31 bits per heavy atom. The van der Waals surface area contributed by atoms with Gasteiger partial charge in [-0.25, -0.2) is 4.98 Å². The monoisotopic (exact) mass is 642 g/mol. The molecular formula is C38H30N2O8. The highest BCUT2D eigenvalue weighted by Crippen LogP contribution is 2.56. The van der Waals surface area contributed by atoms with E-state index in [2.05, 4.69) is 4.98 Å². The number of imide groups is 1. The number of Topliss-reactive ketones (excluding diaryl/α,β-unsaturated/α-hetero) is 1. The smallest absolute Gasteiger partial charge is 0.238 e. The van der Waals surface area contributed by atoms with Crippen LogP contribution < -0.4 is 14.4 Å². The highest BCUT2D eigenvalue weighted by Gasteiger charge is 2.56. The molecule has 2 amide bonds. The molecule has 1 saturated heterocycles. The largest absolute Gasteiger partial charge is 0.502 e. The fourth-order valence-corrected chi connectivity index (χ4v) is 7.85. The van der Waals surface area contributed by atoms with Crippen LogP contribution in [0, 0.1) is 17.8 Å². The maximum absolute atomic E-state index is 14.3. The number of fused-ring (bicyclic) bond motifs is 4. The Hall–Kier alpha value is -5.77. The number of hydrogen-bond acceptors (Lipinski definition) is 9. The highest BCUT2D eigenvalue weighted by molar-refractivity contribution is 6.25. The fourth-order valence-electron chi connectivity index (χ4n) is 7.85. The van der Waals surface area contributed by atoms with E-state index in [1.54, 1.807) is 43.3 Å². The maximum atomic E-state index is 14.3. The van der Waals surface area contributed by atoms with E-state index in [0.717, 1.165) is 11.1 Å². The third-order valence-corrected chi connectivity index (χ3v) is 10.1. The summed E-state index contributed by atoms with van der Waals surface area (Å²) >= 11 is 0. The number of methoxy groups -OCH3 is 2. The first-order valence-corrected chi connectivity index (χ1v) is 15.7. The number of aromatic hydroxyl groups is 1. The van der Waals surface area contributed by atoms with Crippen LogP contribution in [-0.4, -0.2) is 47.7 Å². The minimum atomic E-state index is -0.735. The van der Waals surface area contributed by atoms with Crippen LogP contribution in [0.3, 0.4) is 0 Å². The molecule has 0 saturated carbocycles. The number of phenolic OH excluding ortho intramolecular Hbond substituents is 1. The molecule has 2 heterocycles. The van der Waals surface area contributed by atoms with Crippen molar-refractivity contribution in [2.45, 2.75) is 25.7 Å². The summed E-state index contributed by atoms with van der Waals surface area (Å²) in [5.74, 6) is -3.25. The van der Waals surface area contributed by atoms with Crippen LogP contribution in [0.5, 0.6) is 17.2 Å². The lowest BCUT2D eigenvalue weighted by atomic mass is 9.59. The third kappa shape index (κ3) is 4.28. The van der Waals surface area contributed by atoms with E-state index in [1.807, 2.05) is 30.3 Å². The molecule has 0 bridgehead atoms. The number of benzene rings is 3. The molecule has 1 aromatic heterocycles. The molecule has 4 unspecified atom stereocenters. The number of oxazole rings is 1. The summed E-state index contributed by atoms with van der Waals surface area (Å²) in [5.41, 5.74) is 4.89. The SMILES string of the molecule is COc1cc(C2C3=CCC4C(=O)N(c5ccc(-c6nc7ccccc7o6)cc5)C(=O)C4C3CC3=C2C(=O)C=C(C)C3=O)cc(OC)c1O. The number of para-hydroxylation sites is 2. The fraction of sp³-hybridized carbons (Fsp3) is 0.237. The molecule has 1 N–H and O–H groups in total. The van der Waals surface area contributed by atoms with Crippen LogP contribution in [-0.2, 0) is 19.2 Å². The van der Waals surface area contributed by atoms with Gasteiger partial charge in [0.2, 0.25) is 23.5 Å². The van der Waals surface area contributed by atoms with E-state index in [0.29, 0.717) is 51.4 Å². The van der Waals surface area contributed by atoms with Gasteiger partial charge in [0, 0.05) is 28.2 Å². The number of ketones is 2. The average Bonchev–Trinajstić information content (AvgIpc) is 3.64.